The number of hydrogen-bond donors (Lipinski definition) is 2. The second-order valence-electron chi connectivity index (χ2n) is 3.90. The Morgan fingerprint density at radius 1 is 1.26 bits per heavy atom. The fraction of sp³-hybridized carbons (Fsp3) is 0.385. The van der Waals surface area contributed by atoms with E-state index in [9.17, 15) is 9.59 Å². The molecule has 2 N–H and O–H groups in total. The zero-order valence-electron chi connectivity index (χ0n) is 11.1. The summed E-state index contributed by atoms with van der Waals surface area (Å²) in [5, 5.41) is 4.77. The van der Waals surface area contributed by atoms with Crippen molar-refractivity contribution in [2.75, 3.05) is 26.0 Å². The molecule has 0 radical (unpaired) electrons. The molecule has 0 aromatic heterocycles. The molecule has 0 bridgehead atoms. The summed E-state index contributed by atoms with van der Waals surface area (Å²) >= 11 is 1.39. The van der Waals surface area contributed by atoms with Crippen molar-refractivity contribution in [3.63, 3.8) is 0 Å². The Morgan fingerprint density at radius 3 is 2.58 bits per heavy atom. The van der Waals surface area contributed by atoms with E-state index in [-0.39, 0.29) is 11.7 Å². The summed E-state index contributed by atoms with van der Waals surface area (Å²) in [5.41, 5.74) is 1.17. The number of ether oxygens (including phenoxy) is 1. The van der Waals surface area contributed by atoms with Crippen LogP contribution in [-0.2, 0) is 9.53 Å². The molecule has 0 aliphatic rings. The van der Waals surface area contributed by atoms with Gasteiger partial charge >= 0.3 is 6.03 Å². The number of hydrogen-bond acceptors (Lipinski definition) is 4. The number of thioether (sulfide) groups is 1. The van der Waals surface area contributed by atoms with E-state index >= 15 is 0 Å². The van der Waals surface area contributed by atoms with Gasteiger partial charge in [-0.25, -0.2) is 4.79 Å². The molecular formula is C13H18N2O3S. The average molecular weight is 282 g/mol. The van der Waals surface area contributed by atoms with Gasteiger partial charge in [0, 0.05) is 18.6 Å². The van der Waals surface area contributed by atoms with Gasteiger partial charge in [0.15, 0.2) is 0 Å². The summed E-state index contributed by atoms with van der Waals surface area (Å²) in [5.74, 6) is -0.110. The number of carbonyl (C=O) groups excluding carboxylic acids is 2. The zero-order chi connectivity index (χ0) is 14.1. The summed E-state index contributed by atoms with van der Waals surface area (Å²) in [7, 11) is 1.54. The van der Waals surface area contributed by atoms with Gasteiger partial charge in [0.25, 0.3) is 0 Å². The average Bonchev–Trinajstić information content (AvgIpc) is 2.38. The number of nitrogens with one attached hydrogen (secondary N) is 2. The summed E-state index contributed by atoms with van der Waals surface area (Å²) in [6.45, 7) is 2.80. The number of imide groups is 1. The van der Waals surface area contributed by atoms with Gasteiger partial charge in [0.1, 0.15) is 0 Å². The van der Waals surface area contributed by atoms with Crippen molar-refractivity contribution < 1.29 is 14.3 Å². The molecule has 0 fully saturated rings. The first-order valence-electron chi connectivity index (χ1n) is 5.88. The molecule has 0 aliphatic heterocycles. The van der Waals surface area contributed by atoms with E-state index in [0.29, 0.717) is 13.2 Å². The zero-order valence-corrected chi connectivity index (χ0v) is 11.9. The smallest absolute Gasteiger partial charge is 0.321 e. The molecule has 5 nitrogen and oxygen atoms in total. The Hall–Kier alpha value is -1.53. The van der Waals surface area contributed by atoms with Gasteiger partial charge in [-0.15, -0.1) is 11.8 Å². The van der Waals surface area contributed by atoms with Crippen LogP contribution in [0, 0.1) is 6.92 Å². The van der Waals surface area contributed by atoms with Crippen molar-refractivity contribution in [2.45, 2.75) is 11.8 Å². The van der Waals surface area contributed by atoms with E-state index in [0.717, 1.165) is 4.90 Å². The number of amides is 3. The predicted octanol–water partition coefficient (Wildman–Crippen LogP) is 1.56. The molecule has 1 rings (SSSR count). The van der Waals surface area contributed by atoms with Gasteiger partial charge in [0.05, 0.1) is 12.4 Å². The lowest BCUT2D eigenvalue weighted by molar-refractivity contribution is -0.117. The van der Waals surface area contributed by atoms with Crippen molar-refractivity contribution in [2.24, 2.45) is 0 Å². The number of methoxy groups -OCH3 is 1. The van der Waals surface area contributed by atoms with Crippen LogP contribution in [0.1, 0.15) is 5.56 Å². The largest absolute Gasteiger partial charge is 0.383 e. The van der Waals surface area contributed by atoms with Crippen LogP contribution in [0.15, 0.2) is 29.2 Å². The minimum atomic E-state index is -0.494. The molecule has 0 atom stereocenters. The van der Waals surface area contributed by atoms with Gasteiger partial charge in [0.2, 0.25) is 5.91 Å². The first kappa shape index (κ1) is 15.5. The van der Waals surface area contributed by atoms with E-state index in [1.54, 1.807) is 7.11 Å². The summed E-state index contributed by atoms with van der Waals surface area (Å²) in [6, 6.07) is 7.37. The molecule has 0 saturated carbocycles. The third-order valence-corrected chi connectivity index (χ3v) is 3.25. The molecule has 104 valence electrons. The number of carbonyl (C=O) groups is 2. The van der Waals surface area contributed by atoms with Crippen LogP contribution in [0.3, 0.4) is 0 Å². The third-order valence-electron chi connectivity index (χ3n) is 2.24. The highest BCUT2D eigenvalue weighted by Crippen LogP contribution is 2.17. The monoisotopic (exact) mass is 282 g/mol. The van der Waals surface area contributed by atoms with Gasteiger partial charge in [-0.2, -0.15) is 0 Å². The lowest BCUT2D eigenvalue weighted by Crippen LogP contribution is -2.41. The predicted molar refractivity (Wildman–Crippen MR) is 75.3 cm³/mol. The van der Waals surface area contributed by atoms with Gasteiger partial charge in [-0.1, -0.05) is 17.7 Å². The van der Waals surface area contributed by atoms with E-state index in [2.05, 4.69) is 10.6 Å². The van der Waals surface area contributed by atoms with Gasteiger partial charge < -0.3 is 10.1 Å². The fourth-order valence-electron chi connectivity index (χ4n) is 1.26. The molecule has 3 amide bonds. The second kappa shape index (κ2) is 8.55. The number of urea groups is 1. The van der Waals surface area contributed by atoms with E-state index in [4.69, 9.17) is 4.74 Å². The molecule has 0 spiro atoms. The van der Waals surface area contributed by atoms with Crippen molar-refractivity contribution in [1.29, 1.82) is 0 Å². The summed E-state index contributed by atoms with van der Waals surface area (Å²) in [4.78, 5) is 23.8. The van der Waals surface area contributed by atoms with E-state index < -0.39 is 6.03 Å². The van der Waals surface area contributed by atoms with Gasteiger partial charge in [-0.3, -0.25) is 10.1 Å². The molecule has 1 aromatic carbocycles. The molecule has 0 unspecified atom stereocenters. The highest BCUT2D eigenvalue weighted by molar-refractivity contribution is 8.00. The van der Waals surface area contributed by atoms with Crippen LogP contribution in [0.4, 0.5) is 4.79 Å². The normalized spacial score (nSPS) is 10.0. The number of rotatable bonds is 6. The minimum absolute atomic E-state index is 0.209. The molecule has 0 saturated heterocycles. The first-order valence-corrected chi connectivity index (χ1v) is 6.86. The summed E-state index contributed by atoms with van der Waals surface area (Å²) in [6.07, 6.45) is 0. The molecule has 0 heterocycles. The lowest BCUT2D eigenvalue weighted by Gasteiger charge is -2.06. The minimum Gasteiger partial charge on any atom is -0.383 e. The maximum atomic E-state index is 11.5. The lowest BCUT2D eigenvalue weighted by atomic mass is 10.2. The number of aryl methyl sites for hydroxylation is 1. The van der Waals surface area contributed by atoms with Crippen molar-refractivity contribution in [1.82, 2.24) is 10.6 Å². The first-order chi connectivity index (χ1) is 9.11. The third kappa shape index (κ3) is 6.83. The maximum absolute atomic E-state index is 11.5. The Labute approximate surface area is 117 Å². The molecule has 6 heteroatoms. The molecular weight excluding hydrogens is 264 g/mol. The quantitative estimate of drug-likeness (QED) is 0.614. The SMILES string of the molecule is COCCNC(=O)NC(=O)CSc1ccc(C)cc1. The fourth-order valence-corrected chi connectivity index (χ4v) is 1.96. The molecule has 19 heavy (non-hydrogen) atoms. The van der Waals surface area contributed by atoms with Crippen LogP contribution in [0.25, 0.3) is 0 Å². The maximum Gasteiger partial charge on any atom is 0.321 e. The van der Waals surface area contributed by atoms with Crippen molar-refractivity contribution in [3.8, 4) is 0 Å². The Morgan fingerprint density at radius 2 is 1.95 bits per heavy atom. The number of benzene rings is 1. The van der Waals surface area contributed by atoms with Crippen molar-refractivity contribution in [3.05, 3.63) is 29.8 Å². The Bertz CT molecular complexity index is 420. The molecule has 1 aromatic rings. The highest BCUT2D eigenvalue weighted by Gasteiger charge is 2.07. The van der Waals surface area contributed by atoms with E-state index in [1.165, 1.54) is 17.3 Å². The molecule has 0 aliphatic carbocycles. The Balaban J connectivity index is 2.24. The van der Waals surface area contributed by atoms with Crippen LogP contribution >= 0.6 is 11.8 Å². The standard InChI is InChI=1S/C13H18N2O3S/c1-10-3-5-11(6-4-10)19-9-12(16)15-13(17)14-7-8-18-2/h3-6H,7-9H2,1-2H3,(H2,14,15,16,17). The topological polar surface area (TPSA) is 67.4 Å². The van der Waals surface area contributed by atoms with E-state index in [1.807, 2.05) is 31.2 Å². The van der Waals surface area contributed by atoms with Crippen LogP contribution in [0.2, 0.25) is 0 Å². The Kier molecular flexibility index (Phi) is 6.99. The van der Waals surface area contributed by atoms with Gasteiger partial charge in [-0.05, 0) is 19.1 Å². The van der Waals surface area contributed by atoms with Crippen molar-refractivity contribution >= 4 is 23.7 Å². The second-order valence-corrected chi connectivity index (χ2v) is 4.95. The van der Waals surface area contributed by atoms with Crippen LogP contribution < -0.4 is 10.6 Å². The summed E-state index contributed by atoms with van der Waals surface area (Å²) < 4.78 is 4.78. The van der Waals surface area contributed by atoms with Crippen LogP contribution in [-0.4, -0.2) is 38.0 Å². The highest BCUT2D eigenvalue weighted by atomic mass is 32.2. The van der Waals surface area contributed by atoms with Crippen LogP contribution in [0.5, 0.6) is 0 Å².